The molecule has 7 heteroatoms. The van der Waals surface area contributed by atoms with Crippen molar-refractivity contribution < 1.29 is 4.79 Å². The molecule has 24 heavy (non-hydrogen) atoms. The number of amides is 1. The van der Waals surface area contributed by atoms with Crippen LogP contribution in [-0.2, 0) is 6.54 Å². The Balaban J connectivity index is 0.00000288. The summed E-state index contributed by atoms with van der Waals surface area (Å²) in [6.07, 6.45) is 1.19. The second kappa shape index (κ2) is 10.8. The van der Waals surface area contributed by atoms with Crippen LogP contribution in [0.5, 0.6) is 0 Å². The Bertz CT molecular complexity index is 567. The van der Waals surface area contributed by atoms with Crippen molar-refractivity contribution >= 4 is 47.6 Å². The molecule has 2 rings (SSSR count). The summed E-state index contributed by atoms with van der Waals surface area (Å²) in [5, 5.41) is 6.75. The third-order valence-electron chi connectivity index (χ3n) is 3.97. The lowest BCUT2D eigenvalue weighted by Crippen LogP contribution is -2.47. The second-order valence-electron chi connectivity index (χ2n) is 5.53. The summed E-state index contributed by atoms with van der Waals surface area (Å²) >= 11 is 2.05. The highest BCUT2D eigenvalue weighted by atomic mass is 127. The Morgan fingerprint density at radius 2 is 2.25 bits per heavy atom. The number of aliphatic imine (C=N–C) groups is 1. The van der Waals surface area contributed by atoms with Crippen LogP contribution in [0.3, 0.4) is 0 Å². The monoisotopic (exact) mass is 462 g/mol. The Kier molecular flexibility index (Phi) is 9.50. The summed E-state index contributed by atoms with van der Waals surface area (Å²) in [6, 6.07) is 7.67. The van der Waals surface area contributed by atoms with E-state index in [4.69, 9.17) is 0 Å². The zero-order valence-electron chi connectivity index (χ0n) is 14.5. The first-order valence-corrected chi connectivity index (χ1v) is 9.11. The molecule has 1 amide bonds. The highest BCUT2D eigenvalue weighted by molar-refractivity contribution is 14.0. The van der Waals surface area contributed by atoms with Crippen LogP contribution < -0.4 is 10.6 Å². The molecule has 1 heterocycles. The molecule has 0 radical (unpaired) electrons. The van der Waals surface area contributed by atoms with E-state index >= 15 is 0 Å². The topological polar surface area (TPSA) is 56.7 Å². The number of carbonyl (C=O) groups is 1. The number of halogens is 1. The first-order chi connectivity index (χ1) is 11.2. The fourth-order valence-corrected chi connectivity index (χ4v) is 3.82. The maximum Gasteiger partial charge on any atom is 0.251 e. The molecule has 1 aliphatic heterocycles. The molecule has 0 bridgehead atoms. The fourth-order valence-electron chi connectivity index (χ4n) is 2.64. The van der Waals surface area contributed by atoms with Gasteiger partial charge in [-0.15, -0.1) is 24.0 Å². The lowest BCUT2D eigenvalue weighted by Gasteiger charge is -2.34. The van der Waals surface area contributed by atoms with E-state index in [9.17, 15) is 4.79 Å². The maximum atomic E-state index is 11.7. The van der Waals surface area contributed by atoms with Crippen molar-refractivity contribution in [1.29, 1.82) is 0 Å². The first kappa shape index (κ1) is 21.1. The largest absolute Gasteiger partial charge is 0.355 e. The Morgan fingerprint density at radius 1 is 1.46 bits per heavy atom. The Morgan fingerprint density at radius 3 is 2.92 bits per heavy atom. The minimum Gasteiger partial charge on any atom is -0.355 e. The maximum absolute atomic E-state index is 11.7. The van der Waals surface area contributed by atoms with Crippen molar-refractivity contribution in [2.45, 2.75) is 25.1 Å². The molecule has 0 aromatic heterocycles. The number of rotatable bonds is 4. The quantitative estimate of drug-likeness (QED) is 0.411. The molecule has 1 aliphatic rings. The van der Waals surface area contributed by atoms with E-state index in [2.05, 4.69) is 27.4 Å². The van der Waals surface area contributed by atoms with E-state index in [1.165, 1.54) is 6.42 Å². The molecule has 0 aliphatic carbocycles. The van der Waals surface area contributed by atoms with Crippen LogP contribution in [0.25, 0.3) is 0 Å². The van der Waals surface area contributed by atoms with Gasteiger partial charge in [-0.2, -0.15) is 11.8 Å². The number of hydrogen-bond acceptors (Lipinski definition) is 3. The predicted octanol–water partition coefficient (Wildman–Crippen LogP) is 2.57. The highest BCUT2D eigenvalue weighted by Crippen LogP contribution is 2.21. The molecular weight excluding hydrogens is 435 g/mol. The predicted molar refractivity (Wildman–Crippen MR) is 114 cm³/mol. The molecule has 1 unspecified atom stereocenters. The molecule has 0 saturated carbocycles. The zero-order valence-corrected chi connectivity index (χ0v) is 17.7. The van der Waals surface area contributed by atoms with Gasteiger partial charge in [0.15, 0.2) is 5.96 Å². The van der Waals surface area contributed by atoms with Gasteiger partial charge >= 0.3 is 0 Å². The Hall–Kier alpha value is -0.960. The smallest absolute Gasteiger partial charge is 0.251 e. The Labute approximate surface area is 166 Å². The van der Waals surface area contributed by atoms with Crippen LogP contribution in [0, 0.1) is 0 Å². The van der Waals surface area contributed by atoms with E-state index < -0.39 is 0 Å². The molecule has 0 spiro atoms. The minimum absolute atomic E-state index is 0. The van der Waals surface area contributed by atoms with E-state index in [1.807, 2.05) is 43.1 Å². The molecule has 1 saturated heterocycles. The molecule has 1 fully saturated rings. The number of carbonyl (C=O) groups excluding carboxylic acids is 1. The van der Waals surface area contributed by atoms with Crippen LogP contribution in [-0.4, -0.2) is 55.0 Å². The van der Waals surface area contributed by atoms with Crippen LogP contribution in [0.1, 0.15) is 29.3 Å². The summed E-state index contributed by atoms with van der Waals surface area (Å²) in [6.45, 7) is 4.97. The third-order valence-corrected chi connectivity index (χ3v) is 5.34. The minimum atomic E-state index is -0.0601. The fraction of sp³-hybridized carbons (Fsp3) is 0.529. The molecule has 1 aromatic carbocycles. The van der Waals surface area contributed by atoms with Crippen LogP contribution in [0.2, 0.25) is 0 Å². The normalized spacial score (nSPS) is 17.9. The van der Waals surface area contributed by atoms with Gasteiger partial charge in [-0.05, 0) is 24.1 Å². The van der Waals surface area contributed by atoms with Crippen molar-refractivity contribution in [3.8, 4) is 0 Å². The SMILES string of the molecule is CCC1CN(C(=NC)NCc2cccc(C(=O)NC)c2)CCS1.I. The van der Waals surface area contributed by atoms with Gasteiger partial charge in [0, 0.05) is 50.3 Å². The van der Waals surface area contributed by atoms with Gasteiger partial charge < -0.3 is 15.5 Å². The zero-order chi connectivity index (χ0) is 16.7. The van der Waals surface area contributed by atoms with Crippen LogP contribution in [0.15, 0.2) is 29.3 Å². The van der Waals surface area contributed by atoms with E-state index in [-0.39, 0.29) is 29.9 Å². The van der Waals surface area contributed by atoms with E-state index in [0.29, 0.717) is 17.4 Å². The summed E-state index contributed by atoms with van der Waals surface area (Å²) in [5.41, 5.74) is 1.76. The number of thioether (sulfide) groups is 1. The number of nitrogens with one attached hydrogen (secondary N) is 2. The van der Waals surface area contributed by atoms with Gasteiger partial charge in [0.2, 0.25) is 0 Å². The number of guanidine groups is 1. The second-order valence-corrected chi connectivity index (χ2v) is 6.94. The van der Waals surface area contributed by atoms with Crippen molar-refractivity contribution in [3.05, 3.63) is 35.4 Å². The molecule has 1 aromatic rings. The van der Waals surface area contributed by atoms with Gasteiger partial charge in [-0.25, -0.2) is 0 Å². The first-order valence-electron chi connectivity index (χ1n) is 8.06. The lowest BCUT2D eigenvalue weighted by atomic mass is 10.1. The standard InChI is InChI=1S/C17H26N4OS.HI/c1-4-15-12-21(8-9-23-15)17(19-3)20-11-13-6-5-7-14(10-13)16(22)18-2;/h5-7,10,15H,4,8-9,11-12H2,1-3H3,(H,18,22)(H,19,20);1H. The number of nitrogens with zero attached hydrogens (tertiary/aromatic N) is 2. The third kappa shape index (κ3) is 5.84. The van der Waals surface area contributed by atoms with E-state index in [1.54, 1.807) is 7.05 Å². The molecule has 2 N–H and O–H groups in total. The van der Waals surface area contributed by atoms with Gasteiger partial charge in [-0.1, -0.05) is 19.1 Å². The summed E-state index contributed by atoms with van der Waals surface area (Å²) < 4.78 is 0. The molecular formula is C17H27IN4OS. The number of benzene rings is 1. The highest BCUT2D eigenvalue weighted by Gasteiger charge is 2.21. The van der Waals surface area contributed by atoms with Crippen molar-refractivity contribution in [1.82, 2.24) is 15.5 Å². The van der Waals surface area contributed by atoms with E-state index in [0.717, 1.165) is 30.4 Å². The number of hydrogen-bond donors (Lipinski definition) is 2. The summed E-state index contributed by atoms with van der Waals surface area (Å²) in [7, 11) is 3.47. The van der Waals surface area contributed by atoms with Crippen molar-refractivity contribution in [2.75, 3.05) is 32.9 Å². The van der Waals surface area contributed by atoms with Crippen LogP contribution in [0.4, 0.5) is 0 Å². The molecule has 134 valence electrons. The average Bonchev–Trinajstić information content (AvgIpc) is 2.62. The summed E-state index contributed by atoms with van der Waals surface area (Å²) in [5.74, 6) is 2.02. The molecule has 5 nitrogen and oxygen atoms in total. The average molecular weight is 462 g/mol. The summed E-state index contributed by atoms with van der Waals surface area (Å²) in [4.78, 5) is 18.4. The lowest BCUT2D eigenvalue weighted by molar-refractivity contribution is 0.0963. The van der Waals surface area contributed by atoms with Gasteiger partial charge in [-0.3, -0.25) is 9.79 Å². The van der Waals surface area contributed by atoms with Gasteiger partial charge in [0.1, 0.15) is 0 Å². The van der Waals surface area contributed by atoms with Crippen LogP contribution >= 0.6 is 35.7 Å². The van der Waals surface area contributed by atoms with Crippen molar-refractivity contribution in [2.24, 2.45) is 4.99 Å². The van der Waals surface area contributed by atoms with Crippen molar-refractivity contribution in [3.63, 3.8) is 0 Å². The van der Waals surface area contributed by atoms with Gasteiger partial charge in [0.05, 0.1) is 0 Å². The molecule has 1 atom stereocenters. The van der Waals surface area contributed by atoms with Gasteiger partial charge in [0.25, 0.3) is 5.91 Å².